The van der Waals surface area contributed by atoms with E-state index in [9.17, 15) is 9.59 Å². The van der Waals surface area contributed by atoms with E-state index in [2.05, 4.69) is 4.90 Å². The first kappa shape index (κ1) is 18.5. The molecule has 0 radical (unpaired) electrons. The number of hydrogen-bond acceptors (Lipinski definition) is 3. The van der Waals surface area contributed by atoms with E-state index < -0.39 is 0 Å². The molecule has 4 rings (SSSR count). The number of likely N-dealkylation sites (tertiary alicyclic amines) is 2. The molecule has 0 unspecified atom stereocenters. The summed E-state index contributed by atoms with van der Waals surface area (Å²) in [5.74, 6) is 1.03. The van der Waals surface area contributed by atoms with Crippen molar-refractivity contribution in [2.45, 2.75) is 38.5 Å². The van der Waals surface area contributed by atoms with Crippen molar-refractivity contribution in [3.63, 3.8) is 0 Å². The molecule has 0 N–H and O–H groups in total. The van der Waals surface area contributed by atoms with Crippen molar-refractivity contribution in [1.82, 2.24) is 9.80 Å². The maximum absolute atomic E-state index is 12.7. The number of amides is 2. The molecule has 3 heterocycles. The topological polar surface area (TPSA) is 49.9 Å². The molecule has 146 valence electrons. The normalized spacial score (nSPS) is 23.6. The van der Waals surface area contributed by atoms with E-state index >= 15 is 0 Å². The Morgan fingerprint density at radius 3 is 2.48 bits per heavy atom. The fraction of sp³-hybridized carbons (Fsp3) is 0.636. The van der Waals surface area contributed by atoms with Crippen LogP contribution in [0.3, 0.4) is 0 Å². The monoisotopic (exact) mass is 370 g/mol. The molecule has 3 saturated heterocycles. The van der Waals surface area contributed by atoms with E-state index in [1.165, 1.54) is 0 Å². The smallest absolute Gasteiger partial charge is 0.253 e. The quantitative estimate of drug-likeness (QED) is 0.822. The number of benzene rings is 1. The minimum atomic E-state index is 0.136. The number of rotatable bonds is 3. The molecule has 0 bridgehead atoms. The van der Waals surface area contributed by atoms with Gasteiger partial charge in [-0.15, -0.1) is 0 Å². The third kappa shape index (κ3) is 4.18. The molecule has 0 aliphatic carbocycles. The fourth-order valence-electron chi connectivity index (χ4n) is 4.86. The molecule has 5 heteroatoms. The predicted molar refractivity (Wildman–Crippen MR) is 103 cm³/mol. The lowest BCUT2D eigenvalue weighted by Gasteiger charge is -2.48. The van der Waals surface area contributed by atoms with E-state index in [0.29, 0.717) is 18.2 Å². The van der Waals surface area contributed by atoms with Crippen LogP contribution in [0.1, 0.15) is 48.9 Å². The standard InChI is InChI=1S/C22H30N2O3/c25-20-6-9-22(17-24(20)16-18-7-14-27-15-8-18)10-12-23(13-11-22)21(26)19-4-2-1-3-5-19/h1-5,18H,6-17H2. The van der Waals surface area contributed by atoms with Gasteiger partial charge in [0.1, 0.15) is 0 Å². The largest absolute Gasteiger partial charge is 0.381 e. The Morgan fingerprint density at radius 2 is 1.78 bits per heavy atom. The van der Waals surface area contributed by atoms with Gasteiger partial charge in [-0.3, -0.25) is 9.59 Å². The van der Waals surface area contributed by atoms with E-state index in [4.69, 9.17) is 4.74 Å². The van der Waals surface area contributed by atoms with Gasteiger partial charge in [0.2, 0.25) is 5.91 Å². The molecule has 5 nitrogen and oxygen atoms in total. The van der Waals surface area contributed by atoms with E-state index in [-0.39, 0.29) is 11.3 Å². The summed E-state index contributed by atoms with van der Waals surface area (Å²) in [6.45, 7) is 5.01. The Labute approximate surface area is 161 Å². The highest BCUT2D eigenvalue weighted by Gasteiger charge is 2.42. The van der Waals surface area contributed by atoms with Crippen LogP contribution in [0.2, 0.25) is 0 Å². The second-order valence-electron chi connectivity index (χ2n) is 8.49. The summed E-state index contributed by atoms with van der Waals surface area (Å²) in [7, 11) is 0. The highest BCUT2D eigenvalue weighted by Crippen LogP contribution is 2.41. The molecule has 27 heavy (non-hydrogen) atoms. The number of hydrogen-bond donors (Lipinski definition) is 0. The summed E-state index contributed by atoms with van der Waals surface area (Å²) in [6.07, 6.45) is 5.78. The number of piperidine rings is 2. The Balaban J connectivity index is 1.35. The van der Waals surface area contributed by atoms with Crippen molar-refractivity contribution in [3.05, 3.63) is 35.9 Å². The second-order valence-corrected chi connectivity index (χ2v) is 8.49. The van der Waals surface area contributed by atoms with Gasteiger partial charge >= 0.3 is 0 Å². The Hall–Kier alpha value is -1.88. The SMILES string of the molecule is O=C1CCC2(CCN(C(=O)c3ccccc3)CC2)CN1CC1CCOCC1. The van der Waals surface area contributed by atoms with Crippen LogP contribution in [0.25, 0.3) is 0 Å². The summed E-state index contributed by atoms with van der Waals surface area (Å²) in [5.41, 5.74) is 0.973. The highest BCUT2D eigenvalue weighted by molar-refractivity contribution is 5.94. The maximum atomic E-state index is 12.7. The lowest BCUT2D eigenvalue weighted by atomic mass is 9.72. The summed E-state index contributed by atoms with van der Waals surface area (Å²) >= 11 is 0. The lowest BCUT2D eigenvalue weighted by Crippen LogP contribution is -2.53. The van der Waals surface area contributed by atoms with Crippen molar-refractivity contribution in [1.29, 1.82) is 0 Å². The van der Waals surface area contributed by atoms with Gasteiger partial charge in [-0.05, 0) is 55.6 Å². The molecular weight excluding hydrogens is 340 g/mol. The molecule has 1 aromatic carbocycles. The molecule has 2 amide bonds. The summed E-state index contributed by atoms with van der Waals surface area (Å²) in [6, 6.07) is 9.55. The average molecular weight is 370 g/mol. The number of carbonyl (C=O) groups is 2. The minimum absolute atomic E-state index is 0.136. The molecule has 1 aromatic rings. The van der Waals surface area contributed by atoms with Gasteiger partial charge in [0.15, 0.2) is 0 Å². The third-order valence-electron chi connectivity index (χ3n) is 6.70. The molecule has 3 aliphatic rings. The van der Waals surface area contributed by atoms with Crippen LogP contribution in [0.15, 0.2) is 30.3 Å². The van der Waals surface area contributed by atoms with E-state index in [1.807, 2.05) is 35.2 Å². The van der Waals surface area contributed by atoms with Crippen molar-refractivity contribution in [3.8, 4) is 0 Å². The minimum Gasteiger partial charge on any atom is -0.381 e. The van der Waals surface area contributed by atoms with Gasteiger partial charge in [-0.25, -0.2) is 0 Å². The van der Waals surface area contributed by atoms with Crippen LogP contribution in [-0.2, 0) is 9.53 Å². The van der Waals surface area contributed by atoms with Gasteiger partial charge in [0, 0.05) is 51.4 Å². The molecule has 3 aliphatic heterocycles. The molecule has 0 atom stereocenters. The zero-order valence-electron chi connectivity index (χ0n) is 16.1. The van der Waals surface area contributed by atoms with Crippen LogP contribution in [-0.4, -0.2) is 61.0 Å². The van der Waals surface area contributed by atoms with Crippen molar-refractivity contribution < 1.29 is 14.3 Å². The van der Waals surface area contributed by atoms with Crippen LogP contribution >= 0.6 is 0 Å². The van der Waals surface area contributed by atoms with Crippen LogP contribution in [0, 0.1) is 11.3 Å². The first-order valence-corrected chi connectivity index (χ1v) is 10.4. The Kier molecular flexibility index (Phi) is 5.48. The van der Waals surface area contributed by atoms with Crippen molar-refractivity contribution >= 4 is 11.8 Å². The average Bonchev–Trinajstić information content (AvgIpc) is 2.72. The zero-order valence-corrected chi connectivity index (χ0v) is 16.1. The lowest BCUT2D eigenvalue weighted by molar-refractivity contribution is -0.140. The van der Waals surface area contributed by atoms with Crippen molar-refractivity contribution in [2.75, 3.05) is 39.4 Å². The Morgan fingerprint density at radius 1 is 1.07 bits per heavy atom. The molecule has 0 saturated carbocycles. The predicted octanol–water partition coefficient (Wildman–Crippen LogP) is 2.96. The van der Waals surface area contributed by atoms with Gasteiger partial charge in [0.05, 0.1) is 0 Å². The van der Waals surface area contributed by atoms with Gasteiger partial charge in [-0.1, -0.05) is 18.2 Å². The highest BCUT2D eigenvalue weighted by atomic mass is 16.5. The second kappa shape index (κ2) is 8.01. The summed E-state index contributed by atoms with van der Waals surface area (Å²) in [5, 5.41) is 0. The molecular formula is C22H30N2O3. The van der Waals surface area contributed by atoms with E-state index in [0.717, 1.165) is 77.1 Å². The van der Waals surface area contributed by atoms with E-state index in [1.54, 1.807) is 0 Å². The molecule has 3 fully saturated rings. The summed E-state index contributed by atoms with van der Waals surface area (Å²) in [4.78, 5) is 29.3. The molecule has 0 aromatic heterocycles. The van der Waals surface area contributed by atoms with Gasteiger partial charge in [0.25, 0.3) is 5.91 Å². The van der Waals surface area contributed by atoms with Gasteiger partial charge in [-0.2, -0.15) is 0 Å². The first-order chi connectivity index (χ1) is 13.2. The number of ether oxygens (including phenoxy) is 1. The van der Waals surface area contributed by atoms with Crippen LogP contribution < -0.4 is 0 Å². The van der Waals surface area contributed by atoms with Crippen molar-refractivity contribution in [2.24, 2.45) is 11.3 Å². The zero-order chi connectivity index (χ0) is 18.7. The van der Waals surface area contributed by atoms with Crippen LogP contribution in [0.5, 0.6) is 0 Å². The van der Waals surface area contributed by atoms with Crippen LogP contribution in [0.4, 0.5) is 0 Å². The van der Waals surface area contributed by atoms with Gasteiger partial charge < -0.3 is 14.5 Å². The number of carbonyl (C=O) groups excluding carboxylic acids is 2. The maximum Gasteiger partial charge on any atom is 0.253 e. The first-order valence-electron chi connectivity index (χ1n) is 10.4. The molecule has 1 spiro atoms. The fourth-order valence-corrected chi connectivity index (χ4v) is 4.86. The Bertz CT molecular complexity index is 661. The number of nitrogens with zero attached hydrogens (tertiary/aromatic N) is 2. The third-order valence-corrected chi connectivity index (χ3v) is 6.70. The summed E-state index contributed by atoms with van der Waals surface area (Å²) < 4.78 is 5.46.